The molecular weight excluding hydrogens is 246 g/mol. The molecule has 1 heterocycles. The summed E-state index contributed by atoms with van der Waals surface area (Å²) >= 11 is 0. The molecule has 20 heavy (non-hydrogen) atoms. The predicted molar refractivity (Wildman–Crippen MR) is 81.8 cm³/mol. The zero-order chi connectivity index (χ0) is 13.8. The Balaban J connectivity index is 1.82. The molecule has 1 fully saturated rings. The van der Waals surface area contributed by atoms with Crippen LogP contribution in [0.1, 0.15) is 30.0 Å². The molecule has 1 aliphatic heterocycles. The van der Waals surface area contributed by atoms with Crippen molar-refractivity contribution in [1.29, 1.82) is 0 Å². The first-order chi connectivity index (χ1) is 9.88. The van der Waals surface area contributed by atoms with Crippen LogP contribution in [-0.2, 0) is 6.54 Å². The van der Waals surface area contributed by atoms with Crippen LogP contribution in [0.5, 0.6) is 5.75 Å². The first kappa shape index (κ1) is 13.2. The van der Waals surface area contributed by atoms with Crippen molar-refractivity contribution in [2.75, 3.05) is 13.7 Å². The zero-order valence-corrected chi connectivity index (χ0v) is 12.0. The summed E-state index contributed by atoms with van der Waals surface area (Å²) in [4.78, 5) is 2.56. The van der Waals surface area contributed by atoms with E-state index >= 15 is 0 Å². The van der Waals surface area contributed by atoms with Crippen molar-refractivity contribution in [2.24, 2.45) is 0 Å². The molecular formula is C18H21NO. The molecule has 0 aromatic heterocycles. The second-order valence-corrected chi connectivity index (χ2v) is 5.36. The van der Waals surface area contributed by atoms with Crippen molar-refractivity contribution in [2.45, 2.75) is 25.4 Å². The quantitative estimate of drug-likeness (QED) is 0.829. The number of para-hydroxylation sites is 1. The first-order valence-electron chi connectivity index (χ1n) is 7.29. The minimum absolute atomic E-state index is 0.478. The van der Waals surface area contributed by atoms with Crippen molar-refractivity contribution in [1.82, 2.24) is 4.90 Å². The first-order valence-corrected chi connectivity index (χ1v) is 7.29. The number of hydrogen-bond donors (Lipinski definition) is 0. The lowest BCUT2D eigenvalue weighted by Gasteiger charge is -2.26. The van der Waals surface area contributed by atoms with Gasteiger partial charge in [-0.05, 0) is 31.0 Å². The Kier molecular flexibility index (Phi) is 4.03. The number of methoxy groups -OCH3 is 1. The lowest BCUT2D eigenvalue weighted by molar-refractivity contribution is 0.243. The third kappa shape index (κ3) is 2.70. The van der Waals surface area contributed by atoms with E-state index in [0.29, 0.717) is 6.04 Å². The summed E-state index contributed by atoms with van der Waals surface area (Å²) < 4.78 is 5.53. The highest BCUT2D eigenvalue weighted by atomic mass is 16.5. The molecule has 0 aliphatic carbocycles. The minimum atomic E-state index is 0.478. The van der Waals surface area contributed by atoms with Crippen molar-refractivity contribution >= 4 is 0 Å². The van der Waals surface area contributed by atoms with Crippen LogP contribution in [0.15, 0.2) is 54.6 Å². The fourth-order valence-electron chi connectivity index (χ4n) is 3.13. The van der Waals surface area contributed by atoms with Crippen LogP contribution in [0.3, 0.4) is 0 Å². The van der Waals surface area contributed by atoms with Gasteiger partial charge in [-0.15, -0.1) is 0 Å². The van der Waals surface area contributed by atoms with Gasteiger partial charge in [-0.2, -0.15) is 0 Å². The van der Waals surface area contributed by atoms with E-state index in [1.165, 1.54) is 24.0 Å². The topological polar surface area (TPSA) is 12.5 Å². The van der Waals surface area contributed by atoms with Gasteiger partial charge in [0.1, 0.15) is 5.75 Å². The number of nitrogens with zero attached hydrogens (tertiary/aromatic N) is 1. The zero-order valence-electron chi connectivity index (χ0n) is 12.0. The lowest BCUT2D eigenvalue weighted by Crippen LogP contribution is -2.23. The fraction of sp³-hybridized carbons (Fsp3) is 0.333. The van der Waals surface area contributed by atoms with Crippen LogP contribution in [0, 0.1) is 0 Å². The van der Waals surface area contributed by atoms with Crippen LogP contribution in [0.4, 0.5) is 0 Å². The SMILES string of the molecule is COc1ccccc1[C@H]1CCCN1Cc1ccccc1. The maximum Gasteiger partial charge on any atom is 0.123 e. The second kappa shape index (κ2) is 6.10. The highest BCUT2D eigenvalue weighted by molar-refractivity contribution is 5.36. The van der Waals surface area contributed by atoms with Crippen LogP contribution >= 0.6 is 0 Å². The molecule has 104 valence electrons. The molecule has 2 heteroatoms. The summed E-state index contributed by atoms with van der Waals surface area (Å²) in [6.45, 7) is 2.18. The van der Waals surface area contributed by atoms with Gasteiger partial charge in [-0.3, -0.25) is 4.90 Å². The van der Waals surface area contributed by atoms with Crippen LogP contribution in [0.25, 0.3) is 0 Å². The van der Waals surface area contributed by atoms with E-state index in [9.17, 15) is 0 Å². The van der Waals surface area contributed by atoms with Crippen LogP contribution < -0.4 is 4.74 Å². The molecule has 1 saturated heterocycles. The van der Waals surface area contributed by atoms with Crippen molar-refractivity contribution in [3.8, 4) is 5.75 Å². The van der Waals surface area contributed by atoms with Gasteiger partial charge in [0.25, 0.3) is 0 Å². The molecule has 0 unspecified atom stereocenters. The molecule has 0 spiro atoms. The maximum atomic E-state index is 5.53. The number of benzene rings is 2. The molecule has 3 rings (SSSR count). The highest BCUT2D eigenvalue weighted by Crippen LogP contribution is 2.37. The Bertz CT molecular complexity index is 552. The van der Waals surface area contributed by atoms with E-state index in [1.807, 2.05) is 6.07 Å². The predicted octanol–water partition coefficient (Wildman–Crippen LogP) is 4.03. The van der Waals surface area contributed by atoms with Gasteiger partial charge in [-0.25, -0.2) is 0 Å². The molecule has 0 amide bonds. The average molecular weight is 267 g/mol. The standard InChI is InChI=1S/C18H21NO/c1-20-18-12-6-5-10-16(18)17-11-7-13-19(17)14-15-8-3-2-4-9-15/h2-6,8-10,12,17H,7,11,13-14H2,1H3/t17-/m1/s1. The van der Waals surface area contributed by atoms with Crippen LogP contribution in [0.2, 0.25) is 0 Å². The highest BCUT2D eigenvalue weighted by Gasteiger charge is 2.27. The largest absolute Gasteiger partial charge is 0.496 e. The molecule has 0 saturated carbocycles. The van der Waals surface area contributed by atoms with Crippen molar-refractivity contribution < 1.29 is 4.74 Å². The Morgan fingerprint density at radius 1 is 1.05 bits per heavy atom. The van der Waals surface area contributed by atoms with Gasteiger partial charge >= 0.3 is 0 Å². The summed E-state index contributed by atoms with van der Waals surface area (Å²) in [6.07, 6.45) is 2.47. The Labute approximate surface area is 121 Å². The molecule has 0 bridgehead atoms. The normalized spacial score (nSPS) is 19.1. The Hall–Kier alpha value is -1.80. The molecule has 1 atom stereocenters. The van der Waals surface area contributed by atoms with E-state index in [2.05, 4.69) is 53.4 Å². The maximum absolute atomic E-state index is 5.53. The summed E-state index contributed by atoms with van der Waals surface area (Å²) in [6, 6.07) is 19.6. The summed E-state index contributed by atoms with van der Waals surface area (Å²) in [5.41, 5.74) is 2.71. The number of hydrogen-bond acceptors (Lipinski definition) is 2. The Morgan fingerprint density at radius 2 is 1.80 bits per heavy atom. The molecule has 2 aromatic carbocycles. The van der Waals surface area contributed by atoms with Gasteiger partial charge in [0, 0.05) is 18.2 Å². The molecule has 2 nitrogen and oxygen atoms in total. The smallest absolute Gasteiger partial charge is 0.123 e. The van der Waals surface area contributed by atoms with Gasteiger partial charge < -0.3 is 4.74 Å². The third-order valence-corrected chi connectivity index (χ3v) is 4.09. The molecule has 0 N–H and O–H groups in total. The molecule has 0 radical (unpaired) electrons. The van der Waals surface area contributed by atoms with Gasteiger partial charge in [0.15, 0.2) is 0 Å². The molecule has 1 aliphatic rings. The summed E-state index contributed by atoms with van der Waals surface area (Å²) in [5.74, 6) is 1.01. The monoisotopic (exact) mass is 267 g/mol. The fourth-order valence-corrected chi connectivity index (χ4v) is 3.13. The van der Waals surface area contributed by atoms with Crippen molar-refractivity contribution in [3.05, 3.63) is 65.7 Å². The average Bonchev–Trinajstić information content (AvgIpc) is 2.96. The number of likely N-dealkylation sites (tertiary alicyclic amines) is 1. The second-order valence-electron chi connectivity index (χ2n) is 5.36. The summed E-state index contributed by atoms with van der Waals surface area (Å²) in [7, 11) is 1.76. The van der Waals surface area contributed by atoms with E-state index in [1.54, 1.807) is 7.11 Å². The van der Waals surface area contributed by atoms with Gasteiger partial charge in [-0.1, -0.05) is 48.5 Å². The molecule has 2 aromatic rings. The minimum Gasteiger partial charge on any atom is -0.496 e. The summed E-state index contributed by atoms with van der Waals surface area (Å²) in [5, 5.41) is 0. The van der Waals surface area contributed by atoms with Crippen LogP contribution in [-0.4, -0.2) is 18.6 Å². The van der Waals surface area contributed by atoms with E-state index < -0.39 is 0 Å². The van der Waals surface area contributed by atoms with E-state index in [4.69, 9.17) is 4.74 Å². The van der Waals surface area contributed by atoms with Gasteiger partial charge in [0.2, 0.25) is 0 Å². The van der Waals surface area contributed by atoms with Crippen molar-refractivity contribution in [3.63, 3.8) is 0 Å². The third-order valence-electron chi connectivity index (χ3n) is 4.09. The Morgan fingerprint density at radius 3 is 2.60 bits per heavy atom. The lowest BCUT2D eigenvalue weighted by atomic mass is 10.0. The number of rotatable bonds is 4. The van der Waals surface area contributed by atoms with Gasteiger partial charge in [0.05, 0.1) is 7.11 Å². The van der Waals surface area contributed by atoms with E-state index in [-0.39, 0.29) is 0 Å². The number of ether oxygens (including phenoxy) is 1. The van der Waals surface area contributed by atoms with E-state index in [0.717, 1.165) is 18.8 Å².